The lowest BCUT2D eigenvalue weighted by Gasteiger charge is -2.25. The molecule has 24 heavy (non-hydrogen) atoms. The minimum absolute atomic E-state index is 0.166. The summed E-state index contributed by atoms with van der Waals surface area (Å²) in [6.45, 7) is 6.05. The zero-order valence-corrected chi connectivity index (χ0v) is 15.2. The molecule has 3 fully saturated rings. The van der Waals surface area contributed by atoms with Gasteiger partial charge >= 0.3 is 6.09 Å². The van der Waals surface area contributed by atoms with Crippen LogP contribution >= 0.6 is 11.3 Å². The normalized spacial score (nSPS) is 28.6. The zero-order chi connectivity index (χ0) is 16.6. The summed E-state index contributed by atoms with van der Waals surface area (Å²) in [5.41, 5.74) is -0.255. The van der Waals surface area contributed by atoms with Gasteiger partial charge in [0.1, 0.15) is 5.60 Å². The lowest BCUT2D eigenvalue weighted by molar-refractivity contribution is 0.0443. The fraction of sp³-hybridized carbons (Fsp3) is 0.765. The predicted molar refractivity (Wildman–Crippen MR) is 94.5 cm³/mol. The van der Waals surface area contributed by atoms with Crippen LogP contribution in [0.2, 0.25) is 0 Å². The standard InChI is InChI=1S/C17H26N4O2S/c1-19-13-17(23-16(19)22)5-4-7-20(10-6-17)12-14-11-18-15(24-14)21-8-2-3-9-21/h11H,2-10,12-13H2,1H3. The van der Waals surface area contributed by atoms with Crippen molar-refractivity contribution in [1.29, 1.82) is 0 Å². The Labute approximate surface area is 147 Å². The van der Waals surface area contributed by atoms with E-state index >= 15 is 0 Å². The van der Waals surface area contributed by atoms with E-state index in [0.29, 0.717) is 0 Å². The fourth-order valence-corrected chi connectivity index (χ4v) is 5.08. The average Bonchev–Trinajstić information content (AvgIpc) is 3.24. The van der Waals surface area contributed by atoms with Gasteiger partial charge < -0.3 is 14.5 Å². The number of ether oxygens (including phenoxy) is 1. The first-order valence-electron chi connectivity index (χ1n) is 9.00. The van der Waals surface area contributed by atoms with Crippen LogP contribution in [0.4, 0.5) is 9.93 Å². The van der Waals surface area contributed by atoms with Gasteiger partial charge in [-0.1, -0.05) is 0 Å². The smallest absolute Gasteiger partial charge is 0.410 e. The van der Waals surface area contributed by atoms with Crippen LogP contribution in [-0.4, -0.2) is 66.2 Å². The van der Waals surface area contributed by atoms with Crippen LogP contribution in [0.15, 0.2) is 6.20 Å². The van der Waals surface area contributed by atoms with Crippen LogP contribution in [0.5, 0.6) is 0 Å². The maximum Gasteiger partial charge on any atom is 0.410 e. The van der Waals surface area contributed by atoms with E-state index in [9.17, 15) is 4.79 Å². The molecule has 3 aliphatic rings. The van der Waals surface area contributed by atoms with Crippen molar-refractivity contribution in [2.45, 2.75) is 44.2 Å². The number of nitrogens with zero attached hydrogens (tertiary/aromatic N) is 4. The Kier molecular flexibility index (Phi) is 4.39. The highest BCUT2D eigenvalue weighted by Gasteiger charge is 2.44. The average molecular weight is 350 g/mol. The van der Waals surface area contributed by atoms with E-state index in [1.165, 1.54) is 22.9 Å². The molecule has 1 aromatic rings. The molecule has 1 amide bonds. The molecule has 0 bridgehead atoms. The summed E-state index contributed by atoms with van der Waals surface area (Å²) in [7, 11) is 1.83. The van der Waals surface area contributed by atoms with Crippen LogP contribution in [0.25, 0.3) is 0 Å². The molecule has 0 aliphatic carbocycles. The summed E-state index contributed by atoms with van der Waals surface area (Å²) in [6.07, 6.45) is 7.44. The minimum Gasteiger partial charge on any atom is -0.441 e. The van der Waals surface area contributed by atoms with E-state index in [2.05, 4.69) is 14.8 Å². The molecule has 0 saturated carbocycles. The van der Waals surface area contributed by atoms with Gasteiger partial charge in [-0.05, 0) is 32.2 Å². The SMILES string of the molecule is CN1CC2(CCCN(Cc3cnc(N4CCCC4)s3)CC2)OC1=O. The number of likely N-dealkylation sites (N-methyl/N-ethyl adjacent to an activating group) is 1. The van der Waals surface area contributed by atoms with Gasteiger partial charge in [-0.15, -0.1) is 11.3 Å². The largest absolute Gasteiger partial charge is 0.441 e. The number of carbonyl (C=O) groups is 1. The van der Waals surface area contributed by atoms with Gasteiger partial charge in [-0.3, -0.25) is 4.90 Å². The Hall–Kier alpha value is -1.34. The van der Waals surface area contributed by atoms with E-state index in [4.69, 9.17) is 4.74 Å². The van der Waals surface area contributed by atoms with Gasteiger partial charge in [0.05, 0.1) is 6.54 Å². The number of rotatable bonds is 3. The highest BCUT2D eigenvalue weighted by molar-refractivity contribution is 7.15. The molecule has 4 rings (SSSR count). The molecule has 1 atom stereocenters. The van der Waals surface area contributed by atoms with Gasteiger partial charge in [0, 0.05) is 50.7 Å². The number of likely N-dealkylation sites (tertiary alicyclic amines) is 1. The Morgan fingerprint density at radius 2 is 2.04 bits per heavy atom. The van der Waals surface area contributed by atoms with Gasteiger partial charge in [0.2, 0.25) is 0 Å². The predicted octanol–water partition coefficient (Wildman–Crippen LogP) is 2.55. The second-order valence-electron chi connectivity index (χ2n) is 7.34. The van der Waals surface area contributed by atoms with Crippen LogP contribution in [0.1, 0.15) is 37.0 Å². The zero-order valence-electron chi connectivity index (χ0n) is 14.4. The first-order chi connectivity index (χ1) is 11.6. The van der Waals surface area contributed by atoms with E-state index in [-0.39, 0.29) is 11.7 Å². The molecule has 0 N–H and O–H groups in total. The van der Waals surface area contributed by atoms with Gasteiger partial charge in [0.25, 0.3) is 0 Å². The second-order valence-corrected chi connectivity index (χ2v) is 8.43. The number of carbonyl (C=O) groups excluding carboxylic acids is 1. The van der Waals surface area contributed by atoms with Crippen molar-refractivity contribution in [2.24, 2.45) is 0 Å². The molecule has 4 heterocycles. The Balaban J connectivity index is 1.35. The van der Waals surface area contributed by atoms with E-state index in [1.54, 1.807) is 4.90 Å². The van der Waals surface area contributed by atoms with Crippen LogP contribution in [0.3, 0.4) is 0 Å². The summed E-state index contributed by atoms with van der Waals surface area (Å²) in [6, 6.07) is 0. The van der Waals surface area contributed by atoms with Crippen molar-refractivity contribution < 1.29 is 9.53 Å². The van der Waals surface area contributed by atoms with E-state index < -0.39 is 0 Å². The lowest BCUT2D eigenvalue weighted by Crippen LogP contribution is -2.35. The maximum absolute atomic E-state index is 11.7. The van der Waals surface area contributed by atoms with Crippen molar-refractivity contribution in [3.63, 3.8) is 0 Å². The molecule has 1 unspecified atom stereocenters. The summed E-state index contributed by atoms with van der Waals surface area (Å²) in [4.78, 5) is 24.3. The first-order valence-corrected chi connectivity index (χ1v) is 9.81. The molecule has 7 heteroatoms. The van der Waals surface area contributed by atoms with Gasteiger partial charge in [0.15, 0.2) is 5.13 Å². The van der Waals surface area contributed by atoms with Crippen LogP contribution in [-0.2, 0) is 11.3 Å². The molecule has 0 aromatic carbocycles. The lowest BCUT2D eigenvalue weighted by atomic mass is 9.95. The third kappa shape index (κ3) is 3.24. The second kappa shape index (κ2) is 6.52. The summed E-state index contributed by atoms with van der Waals surface area (Å²) in [5.74, 6) is 0. The summed E-state index contributed by atoms with van der Waals surface area (Å²) < 4.78 is 5.70. The fourth-order valence-electron chi connectivity index (χ4n) is 4.08. The van der Waals surface area contributed by atoms with Crippen molar-refractivity contribution in [3.05, 3.63) is 11.1 Å². The van der Waals surface area contributed by atoms with E-state index in [0.717, 1.165) is 58.5 Å². The molecule has 1 aromatic heterocycles. The molecule has 0 radical (unpaired) electrons. The highest BCUT2D eigenvalue weighted by atomic mass is 32.1. The molecule has 1 spiro atoms. The Morgan fingerprint density at radius 3 is 2.79 bits per heavy atom. The highest BCUT2D eigenvalue weighted by Crippen LogP contribution is 2.33. The number of anilines is 1. The minimum atomic E-state index is -0.255. The quantitative estimate of drug-likeness (QED) is 0.838. The third-order valence-corrected chi connectivity index (χ3v) is 6.47. The molecule has 3 saturated heterocycles. The summed E-state index contributed by atoms with van der Waals surface area (Å²) >= 11 is 1.83. The van der Waals surface area contributed by atoms with Crippen molar-refractivity contribution in [3.8, 4) is 0 Å². The third-order valence-electron chi connectivity index (χ3n) is 5.43. The number of hydrogen-bond acceptors (Lipinski definition) is 6. The molecule has 3 aliphatic heterocycles. The van der Waals surface area contributed by atoms with Crippen molar-refractivity contribution in [2.75, 3.05) is 44.7 Å². The first kappa shape index (κ1) is 16.1. The Morgan fingerprint density at radius 1 is 1.21 bits per heavy atom. The topological polar surface area (TPSA) is 48.9 Å². The van der Waals surface area contributed by atoms with Crippen LogP contribution in [0, 0.1) is 0 Å². The number of hydrogen-bond donors (Lipinski definition) is 0. The van der Waals surface area contributed by atoms with Gasteiger partial charge in [-0.25, -0.2) is 9.78 Å². The molecular formula is C17H26N4O2S. The Bertz CT molecular complexity index is 601. The van der Waals surface area contributed by atoms with Crippen LogP contribution < -0.4 is 4.90 Å². The summed E-state index contributed by atoms with van der Waals surface area (Å²) in [5, 5.41) is 1.18. The molecular weight excluding hydrogens is 324 g/mol. The number of amides is 1. The van der Waals surface area contributed by atoms with Crippen molar-refractivity contribution >= 4 is 22.6 Å². The molecule has 6 nitrogen and oxygen atoms in total. The van der Waals surface area contributed by atoms with Gasteiger partial charge in [-0.2, -0.15) is 0 Å². The maximum atomic E-state index is 11.7. The number of thiazole rings is 1. The molecule has 132 valence electrons. The van der Waals surface area contributed by atoms with Crippen molar-refractivity contribution in [1.82, 2.24) is 14.8 Å². The monoisotopic (exact) mass is 350 g/mol. The number of aromatic nitrogens is 1. The van der Waals surface area contributed by atoms with E-state index in [1.807, 2.05) is 24.6 Å².